The van der Waals surface area contributed by atoms with Gasteiger partial charge < -0.3 is 14.6 Å². The number of H-pyrrole nitrogens is 1. The van der Waals surface area contributed by atoms with Crippen LogP contribution >= 0.6 is 0 Å². The third-order valence-corrected chi connectivity index (χ3v) is 5.25. The first-order valence-corrected chi connectivity index (χ1v) is 10.1. The van der Waals surface area contributed by atoms with E-state index in [1.807, 2.05) is 0 Å². The quantitative estimate of drug-likeness (QED) is 0.677. The standard InChI is InChI=1S/C22H22FN5O3/c1-14(31-17-4-2-3-16(23)11-17)22(30)28-9-5-15(6-10-28)18-12-20(29)27-21(26-18)19-13-24-7-8-25-19/h2-4,7-8,11-15H,5-6,9-10H2,1H3,(H,26,27,29)/t14-/m0/s1. The SMILES string of the molecule is C[C@H](Oc1cccc(F)c1)C(=O)N1CCC(c2cc(=O)[nH]c(-c3cnccn3)n2)CC1. The van der Waals surface area contributed by atoms with Crippen molar-refractivity contribution in [1.29, 1.82) is 0 Å². The number of ether oxygens (including phenoxy) is 1. The van der Waals surface area contributed by atoms with Crippen molar-refractivity contribution in [2.45, 2.75) is 31.8 Å². The molecule has 4 rings (SSSR count). The van der Waals surface area contributed by atoms with E-state index in [2.05, 4.69) is 19.9 Å². The van der Waals surface area contributed by atoms with Crippen LogP contribution < -0.4 is 10.3 Å². The lowest BCUT2D eigenvalue weighted by Gasteiger charge is -2.33. The second kappa shape index (κ2) is 9.03. The molecule has 0 radical (unpaired) electrons. The zero-order chi connectivity index (χ0) is 21.8. The topological polar surface area (TPSA) is 101 Å². The summed E-state index contributed by atoms with van der Waals surface area (Å²) in [5.41, 5.74) is 0.930. The van der Waals surface area contributed by atoms with Gasteiger partial charge >= 0.3 is 0 Å². The van der Waals surface area contributed by atoms with Crippen LogP contribution in [0.25, 0.3) is 11.5 Å². The lowest BCUT2D eigenvalue weighted by molar-refractivity contribution is -0.139. The van der Waals surface area contributed by atoms with Crippen molar-refractivity contribution in [2.24, 2.45) is 0 Å². The highest BCUT2D eigenvalue weighted by atomic mass is 19.1. The molecule has 1 saturated heterocycles. The molecule has 3 heterocycles. The molecule has 0 aliphatic carbocycles. The molecule has 9 heteroatoms. The molecule has 1 atom stereocenters. The van der Waals surface area contributed by atoms with Crippen LogP contribution in [0, 0.1) is 5.82 Å². The number of rotatable bonds is 5. The van der Waals surface area contributed by atoms with Crippen molar-refractivity contribution >= 4 is 5.91 Å². The monoisotopic (exact) mass is 423 g/mol. The number of aromatic amines is 1. The van der Waals surface area contributed by atoms with Crippen LogP contribution in [0.4, 0.5) is 4.39 Å². The van der Waals surface area contributed by atoms with Gasteiger partial charge in [0.1, 0.15) is 17.3 Å². The Labute approximate surface area is 178 Å². The predicted molar refractivity (Wildman–Crippen MR) is 111 cm³/mol. The maximum atomic E-state index is 13.3. The van der Waals surface area contributed by atoms with Crippen LogP contribution in [0.1, 0.15) is 31.4 Å². The first-order chi connectivity index (χ1) is 15.0. The summed E-state index contributed by atoms with van der Waals surface area (Å²) in [6.07, 6.45) is 5.27. The molecule has 160 valence electrons. The zero-order valence-corrected chi connectivity index (χ0v) is 17.0. The molecule has 1 fully saturated rings. The Balaban J connectivity index is 1.40. The summed E-state index contributed by atoms with van der Waals surface area (Å²) in [5, 5.41) is 0. The summed E-state index contributed by atoms with van der Waals surface area (Å²) >= 11 is 0. The molecule has 31 heavy (non-hydrogen) atoms. The molecule has 0 saturated carbocycles. The third kappa shape index (κ3) is 4.93. The number of aromatic nitrogens is 4. The smallest absolute Gasteiger partial charge is 0.263 e. The largest absolute Gasteiger partial charge is 0.481 e. The van der Waals surface area contributed by atoms with Gasteiger partial charge in [0.05, 0.1) is 11.9 Å². The number of piperidine rings is 1. The van der Waals surface area contributed by atoms with Gasteiger partial charge in [-0.25, -0.2) is 14.4 Å². The molecule has 0 spiro atoms. The molecule has 1 N–H and O–H groups in total. The first-order valence-electron chi connectivity index (χ1n) is 10.1. The Morgan fingerprint density at radius 3 is 2.77 bits per heavy atom. The number of carbonyl (C=O) groups excluding carboxylic acids is 1. The molecule has 1 amide bonds. The average Bonchev–Trinajstić information content (AvgIpc) is 2.79. The molecule has 3 aromatic rings. The van der Waals surface area contributed by atoms with Gasteiger partial charge in [-0.1, -0.05) is 6.07 Å². The molecule has 1 aromatic carbocycles. The highest BCUT2D eigenvalue weighted by Crippen LogP contribution is 2.27. The van der Waals surface area contributed by atoms with Crippen LogP contribution in [0.3, 0.4) is 0 Å². The summed E-state index contributed by atoms with van der Waals surface area (Å²) < 4.78 is 18.9. The number of likely N-dealkylation sites (tertiary alicyclic amines) is 1. The normalized spacial score (nSPS) is 15.5. The van der Waals surface area contributed by atoms with Gasteiger partial charge in [0.15, 0.2) is 11.9 Å². The van der Waals surface area contributed by atoms with Gasteiger partial charge in [0.2, 0.25) is 0 Å². The first kappa shape index (κ1) is 20.6. The van der Waals surface area contributed by atoms with E-state index >= 15 is 0 Å². The van der Waals surface area contributed by atoms with Crippen LogP contribution in [-0.2, 0) is 4.79 Å². The minimum absolute atomic E-state index is 0.0567. The van der Waals surface area contributed by atoms with E-state index in [-0.39, 0.29) is 17.4 Å². The Morgan fingerprint density at radius 2 is 2.06 bits per heavy atom. The Kier molecular flexibility index (Phi) is 6.01. The van der Waals surface area contributed by atoms with E-state index in [4.69, 9.17) is 4.74 Å². The number of nitrogens with zero attached hydrogens (tertiary/aromatic N) is 4. The van der Waals surface area contributed by atoms with Gasteiger partial charge in [-0.3, -0.25) is 14.6 Å². The van der Waals surface area contributed by atoms with Crippen molar-refractivity contribution in [3.63, 3.8) is 0 Å². The second-order valence-electron chi connectivity index (χ2n) is 7.43. The fourth-order valence-corrected chi connectivity index (χ4v) is 3.68. The summed E-state index contributed by atoms with van der Waals surface area (Å²) in [5.74, 6) is 0.193. The van der Waals surface area contributed by atoms with Gasteiger partial charge in [-0.15, -0.1) is 0 Å². The number of benzene rings is 1. The molecular weight excluding hydrogens is 401 g/mol. The van der Waals surface area contributed by atoms with Gasteiger partial charge in [-0.2, -0.15) is 0 Å². The van der Waals surface area contributed by atoms with E-state index in [1.54, 1.807) is 36.5 Å². The molecule has 0 bridgehead atoms. The van der Waals surface area contributed by atoms with Gasteiger partial charge in [-0.05, 0) is 31.9 Å². The number of nitrogens with one attached hydrogen (secondary N) is 1. The van der Waals surface area contributed by atoms with Crippen LogP contribution in [-0.4, -0.2) is 49.9 Å². The second-order valence-corrected chi connectivity index (χ2v) is 7.43. The number of hydrogen-bond donors (Lipinski definition) is 1. The van der Waals surface area contributed by atoms with Crippen LogP contribution in [0.2, 0.25) is 0 Å². The fourth-order valence-electron chi connectivity index (χ4n) is 3.68. The van der Waals surface area contributed by atoms with E-state index in [1.165, 1.54) is 24.3 Å². The molecule has 1 aliphatic heterocycles. The minimum atomic E-state index is -0.723. The fraction of sp³-hybridized carbons (Fsp3) is 0.318. The Morgan fingerprint density at radius 1 is 1.26 bits per heavy atom. The maximum Gasteiger partial charge on any atom is 0.263 e. The average molecular weight is 423 g/mol. The highest BCUT2D eigenvalue weighted by Gasteiger charge is 2.28. The molecule has 2 aromatic heterocycles. The van der Waals surface area contributed by atoms with Crippen molar-refractivity contribution in [1.82, 2.24) is 24.8 Å². The van der Waals surface area contributed by atoms with E-state index < -0.39 is 11.9 Å². The molecule has 8 nitrogen and oxygen atoms in total. The van der Waals surface area contributed by atoms with Gasteiger partial charge in [0.25, 0.3) is 11.5 Å². The van der Waals surface area contributed by atoms with Crippen molar-refractivity contribution in [2.75, 3.05) is 13.1 Å². The Hall–Kier alpha value is -3.62. The van der Waals surface area contributed by atoms with Crippen molar-refractivity contribution in [3.8, 4) is 17.3 Å². The third-order valence-electron chi connectivity index (χ3n) is 5.25. The summed E-state index contributed by atoms with van der Waals surface area (Å²) in [4.78, 5) is 42.1. The predicted octanol–water partition coefficient (Wildman–Crippen LogP) is 2.54. The summed E-state index contributed by atoms with van der Waals surface area (Å²) in [7, 11) is 0. The number of halogens is 1. The van der Waals surface area contributed by atoms with E-state index in [9.17, 15) is 14.0 Å². The van der Waals surface area contributed by atoms with Crippen molar-refractivity contribution in [3.05, 3.63) is 70.8 Å². The summed E-state index contributed by atoms with van der Waals surface area (Å²) in [6, 6.07) is 7.23. The molecular formula is C22H22FN5O3. The highest BCUT2D eigenvalue weighted by molar-refractivity contribution is 5.81. The van der Waals surface area contributed by atoms with E-state index in [0.717, 1.165) is 0 Å². The van der Waals surface area contributed by atoms with Crippen LogP contribution in [0.15, 0.2) is 53.7 Å². The van der Waals surface area contributed by atoms with Crippen LogP contribution in [0.5, 0.6) is 5.75 Å². The lowest BCUT2D eigenvalue weighted by atomic mass is 9.93. The minimum Gasteiger partial charge on any atom is -0.481 e. The number of carbonyl (C=O) groups is 1. The molecule has 1 aliphatic rings. The van der Waals surface area contributed by atoms with E-state index in [0.29, 0.717) is 48.9 Å². The number of hydrogen-bond acceptors (Lipinski definition) is 6. The van der Waals surface area contributed by atoms with Gasteiger partial charge in [0, 0.05) is 43.5 Å². The lowest BCUT2D eigenvalue weighted by Crippen LogP contribution is -2.44. The zero-order valence-electron chi connectivity index (χ0n) is 17.0. The number of amides is 1. The van der Waals surface area contributed by atoms with Crippen molar-refractivity contribution < 1.29 is 13.9 Å². The maximum absolute atomic E-state index is 13.3. The molecule has 0 unspecified atom stereocenters. The Bertz CT molecular complexity index is 1110. The summed E-state index contributed by atoms with van der Waals surface area (Å²) in [6.45, 7) is 2.70.